The third kappa shape index (κ3) is 3.31. The maximum absolute atomic E-state index is 8.88. The molecule has 1 fully saturated rings. The van der Waals surface area contributed by atoms with Crippen LogP contribution in [0.1, 0.15) is 46.5 Å². The number of nitrogens with one attached hydrogen (secondary N) is 1. The van der Waals surface area contributed by atoms with Crippen molar-refractivity contribution >= 4 is 0 Å². The van der Waals surface area contributed by atoms with Crippen LogP contribution in [0.15, 0.2) is 0 Å². The van der Waals surface area contributed by atoms with Crippen LogP contribution in [0, 0.1) is 22.7 Å². The molecule has 1 unspecified atom stereocenters. The second-order valence-corrected chi connectivity index (χ2v) is 5.21. The van der Waals surface area contributed by atoms with Crippen LogP contribution in [0.2, 0.25) is 0 Å². The monoisotopic (exact) mass is 194 g/mol. The molecule has 1 atom stereocenters. The zero-order chi connectivity index (χ0) is 10.6. The van der Waals surface area contributed by atoms with Crippen LogP contribution in [-0.2, 0) is 0 Å². The first kappa shape index (κ1) is 11.5. The van der Waals surface area contributed by atoms with E-state index in [0.29, 0.717) is 6.04 Å². The van der Waals surface area contributed by atoms with Gasteiger partial charge in [0, 0.05) is 12.6 Å². The molecule has 80 valence electrons. The summed E-state index contributed by atoms with van der Waals surface area (Å²) in [5.41, 5.74) is -0.229. The lowest BCUT2D eigenvalue weighted by Crippen LogP contribution is -2.38. The number of hydrogen-bond donors (Lipinski definition) is 1. The van der Waals surface area contributed by atoms with Gasteiger partial charge < -0.3 is 5.32 Å². The number of nitrogens with zero attached hydrogens (tertiary/aromatic N) is 1. The van der Waals surface area contributed by atoms with Gasteiger partial charge in [0.1, 0.15) is 0 Å². The van der Waals surface area contributed by atoms with E-state index < -0.39 is 0 Å². The highest BCUT2D eigenvalue weighted by molar-refractivity contribution is 4.94. The Labute approximate surface area is 87.7 Å². The molecule has 0 heterocycles. The van der Waals surface area contributed by atoms with Gasteiger partial charge >= 0.3 is 0 Å². The second-order valence-electron chi connectivity index (χ2n) is 5.21. The highest BCUT2D eigenvalue weighted by atomic mass is 14.9. The molecule has 0 aliphatic heterocycles. The van der Waals surface area contributed by atoms with Crippen LogP contribution in [0.3, 0.4) is 0 Å². The molecule has 0 saturated heterocycles. The van der Waals surface area contributed by atoms with Gasteiger partial charge in [0.15, 0.2) is 0 Å². The Hall–Kier alpha value is -0.550. The van der Waals surface area contributed by atoms with Crippen molar-refractivity contribution < 1.29 is 0 Å². The lowest BCUT2D eigenvalue weighted by Gasteiger charge is -2.24. The van der Waals surface area contributed by atoms with Crippen molar-refractivity contribution in [2.24, 2.45) is 11.3 Å². The first-order valence-electron chi connectivity index (χ1n) is 5.70. The van der Waals surface area contributed by atoms with Crippen LogP contribution >= 0.6 is 0 Å². The van der Waals surface area contributed by atoms with E-state index in [1.807, 2.05) is 13.8 Å². The average Bonchev–Trinajstić information content (AvgIpc) is 2.67. The van der Waals surface area contributed by atoms with Gasteiger partial charge in [0.05, 0.1) is 11.5 Å². The van der Waals surface area contributed by atoms with Crippen molar-refractivity contribution in [2.45, 2.75) is 52.5 Å². The molecule has 1 rings (SSSR count). The van der Waals surface area contributed by atoms with E-state index in [2.05, 4.69) is 18.3 Å². The molecule has 2 heteroatoms. The minimum Gasteiger partial charge on any atom is -0.312 e. The van der Waals surface area contributed by atoms with Gasteiger partial charge in [0.2, 0.25) is 0 Å². The average molecular weight is 194 g/mol. The van der Waals surface area contributed by atoms with Crippen molar-refractivity contribution in [3.05, 3.63) is 0 Å². The summed E-state index contributed by atoms with van der Waals surface area (Å²) in [4.78, 5) is 0. The molecule has 2 nitrogen and oxygen atoms in total. The summed E-state index contributed by atoms with van der Waals surface area (Å²) in [5, 5.41) is 12.4. The highest BCUT2D eigenvalue weighted by Gasteiger charge is 2.23. The molecule has 0 spiro atoms. The Morgan fingerprint density at radius 1 is 1.43 bits per heavy atom. The molecule has 1 aliphatic rings. The lowest BCUT2D eigenvalue weighted by molar-refractivity contribution is 0.337. The zero-order valence-electron chi connectivity index (χ0n) is 9.64. The molecule has 1 N–H and O–H groups in total. The van der Waals surface area contributed by atoms with E-state index in [-0.39, 0.29) is 5.41 Å². The van der Waals surface area contributed by atoms with Crippen molar-refractivity contribution in [1.29, 1.82) is 5.26 Å². The van der Waals surface area contributed by atoms with E-state index in [1.54, 1.807) is 0 Å². The van der Waals surface area contributed by atoms with Crippen molar-refractivity contribution in [3.8, 4) is 6.07 Å². The molecule has 14 heavy (non-hydrogen) atoms. The number of hydrogen-bond acceptors (Lipinski definition) is 2. The van der Waals surface area contributed by atoms with E-state index in [9.17, 15) is 0 Å². The van der Waals surface area contributed by atoms with Crippen molar-refractivity contribution in [1.82, 2.24) is 5.32 Å². The minimum absolute atomic E-state index is 0.229. The van der Waals surface area contributed by atoms with Crippen molar-refractivity contribution in [3.63, 3.8) is 0 Å². The lowest BCUT2D eigenvalue weighted by atomic mass is 9.93. The summed E-state index contributed by atoms with van der Waals surface area (Å²) >= 11 is 0. The molecular weight excluding hydrogens is 172 g/mol. The van der Waals surface area contributed by atoms with Gasteiger partial charge in [-0.3, -0.25) is 0 Å². The van der Waals surface area contributed by atoms with Crippen LogP contribution in [0.25, 0.3) is 0 Å². The third-order valence-corrected chi connectivity index (χ3v) is 3.28. The maximum Gasteiger partial charge on any atom is 0.0697 e. The van der Waals surface area contributed by atoms with Crippen LogP contribution in [0.4, 0.5) is 0 Å². The predicted octanol–water partition coefficient (Wildman–Crippen LogP) is 2.70. The summed E-state index contributed by atoms with van der Waals surface area (Å²) in [5.74, 6) is 0.837. The molecule has 1 saturated carbocycles. The SMILES string of the molecule is CC(NCC(C)(C)C#N)C1CCCC1. The Morgan fingerprint density at radius 2 is 2.00 bits per heavy atom. The maximum atomic E-state index is 8.88. The van der Waals surface area contributed by atoms with Crippen molar-refractivity contribution in [2.75, 3.05) is 6.54 Å². The van der Waals surface area contributed by atoms with Gasteiger partial charge in [-0.2, -0.15) is 5.26 Å². The summed E-state index contributed by atoms with van der Waals surface area (Å²) < 4.78 is 0. The normalized spacial score (nSPS) is 20.7. The molecule has 1 aliphatic carbocycles. The first-order chi connectivity index (χ1) is 6.55. The molecule has 0 amide bonds. The minimum atomic E-state index is -0.229. The topological polar surface area (TPSA) is 35.8 Å². The second kappa shape index (κ2) is 4.79. The third-order valence-electron chi connectivity index (χ3n) is 3.28. The Morgan fingerprint density at radius 3 is 2.50 bits per heavy atom. The van der Waals surface area contributed by atoms with Crippen LogP contribution in [0.5, 0.6) is 0 Å². The van der Waals surface area contributed by atoms with E-state index in [4.69, 9.17) is 5.26 Å². The van der Waals surface area contributed by atoms with Gasteiger partial charge in [-0.05, 0) is 39.5 Å². The number of nitriles is 1. The molecule has 0 aromatic carbocycles. The quantitative estimate of drug-likeness (QED) is 0.747. The summed E-state index contributed by atoms with van der Waals surface area (Å²) in [7, 11) is 0. The molecule has 0 aromatic rings. The highest BCUT2D eigenvalue weighted by Crippen LogP contribution is 2.27. The molecular formula is C12H22N2. The van der Waals surface area contributed by atoms with E-state index in [0.717, 1.165) is 12.5 Å². The molecule has 0 bridgehead atoms. The fourth-order valence-corrected chi connectivity index (χ4v) is 2.08. The Kier molecular flexibility index (Phi) is 3.95. The zero-order valence-corrected chi connectivity index (χ0v) is 9.64. The summed E-state index contributed by atoms with van der Waals surface area (Å²) in [6, 6.07) is 2.90. The number of rotatable bonds is 4. The molecule has 0 aromatic heterocycles. The van der Waals surface area contributed by atoms with Gasteiger partial charge in [0.25, 0.3) is 0 Å². The standard InChI is InChI=1S/C12H22N2/c1-10(11-6-4-5-7-11)14-9-12(2,3)8-13/h10-11,14H,4-7,9H2,1-3H3. The fourth-order valence-electron chi connectivity index (χ4n) is 2.08. The smallest absolute Gasteiger partial charge is 0.0697 e. The van der Waals surface area contributed by atoms with E-state index >= 15 is 0 Å². The molecule has 0 radical (unpaired) electrons. The fraction of sp³-hybridized carbons (Fsp3) is 0.917. The first-order valence-corrected chi connectivity index (χ1v) is 5.70. The summed E-state index contributed by atoms with van der Waals surface area (Å²) in [6.07, 6.45) is 5.50. The Balaban J connectivity index is 2.27. The largest absolute Gasteiger partial charge is 0.312 e. The Bertz CT molecular complexity index is 209. The van der Waals surface area contributed by atoms with Gasteiger partial charge in [-0.25, -0.2) is 0 Å². The van der Waals surface area contributed by atoms with Gasteiger partial charge in [-0.15, -0.1) is 0 Å². The predicted molar refractivity (Wildman–Crippen MR) is 58.8 cm³/mol. The van der Waals surface area contributed by atoms with E-state index in [1.165, 1.54) is 25.7 Å². The summed E-state index contributed by atoms with van der Waals surface area (Å²) in [6.45, 7) is 7.04. The van der Waals surface area contributed by atoms with Crippen LogP contribution in [-0.4, -0.2) is 12.6 Å². The van der Waals surface area contributed by atoms with Gasteiger partial charge in [-0.1, -0.05) is 12.8 Å². The van der Waals surface area contributed by atoms with Crippen LogP contribution < -0.4 is 5.32 Å².